The predicted molar refractivity (Wildman–Crippen MR) is 95.2 cm³/mol. The Morgan fingerprint density at radius 2 is 2.28 bits per heavy atom. The molecule has 2 aliphatic rings. The Hall–Kier alpha value is -1.99. The topological polar surface area (TPSA) is 68.1 Å². The maximum atomic E-state index is 6.29. The van der Waals surface area contributed by atoms with E-state index in [-0.39, 0.29) is 5.60 Å². The SMILES string of the molecule is Cc1ccc(N[C@H]2CO[C@]3(CCCN(Cc4cnn(C)c4)C3)C2)nn1. The van der Waals surface area contributed by atoms with Gasteiger partial charge in [0.1, 0.15) is 5.82 Å². The van der Waals surface area contributed by atoms with Gasteiger partial charge in [0.25, 0.3) is 0 Å². The van der Waals surface area contributed by atoms with Crippen LogP contribution >= 0.6 is 0 Å². The van der Waals surface area contributed by atoms with Crippen LogP contribution in [0.4, 0.5) is 5.82 Å². The van der Waals surface area contributed by atoms with Gasteiger partial charge < -0.3 is 10.1 Å². The van der Waals surface area contributed by atoms with E-state index in [0.717, 1.165) is 50.6 Å². The molecule has 2 fully saturated rings. The number of ether oxygens (including phenoxy) is 1. The number of hydrogen-bond acceptors (Lipinski definition) is 6. The number of piperidine rings is 1. The van der Waals surface area contributed by atoms with Gasteiger partial charge in [0.15, 0.2) is 0 Å². The van der Waals surface area contributed by atoms with E-state index in [4.69, 9.17) is 4.74 Å². The molecule has 0 aromatic carbocycles. The van der Waals surface area contributed by atoms with Gasteiger partial charge >= 0.3 is 0 Å². The van der Waals surface area contributed by atoms with Crippen LogP contribution in [0.15, 0.2) is 24.5 Å². The Bertz CT molecular complexity index is 715. The summed E-state index contributed by atoms with van der Waals surface area (Å²) in [7, 11) is 1.96. The third-order valence-corrected chi connectivity index (χ3v) is 5.14. The third kappa shape index (κ3) is 3.82. The highest BCUT2D eigenvalue weighted by molar-refractivity contribution is 5.34. The van der Waals surface area contributed by atoms with Crippen LogP contribution in [0.5, 0.6) is 0 Å². The fourth-order valence-corrected chi connectivity index (χ4v) is 4.04. The zero-order valence-electron chi connectivity index (χ0n) is 15.0. The number of rotatable bonds is 4. The lowest BCUT2D eigenvalue weighted by Gasteiger charge is -2.39. The Morgan fingerprint density at radius 3 is 3.04 bits per heavy atom. The number of nitrogens with zero attached hydrogens (tertiary/aromatic N) is 5. The molecule has 2 aliphatic heterocycles. The van der Waals surface area contributed by atoms with Crippen LogP contribution in [0, 0.1) is 6.92 Å². The van der Waals surface area contributed by atoms with Gasteiger partial charge in [-0.15, -0.1) is 5.10 Å². The van der Waals surface area contributed by atoms with Gasteiger partial charge in [0.2, 0.25) is 0 Å². The van der Waals surface area contributed by atoms with Crippen LogP contribution in [-0.4, -0.2) is 56.2 Å². The van der Waals surface area contributed by atoms with Crippen LogP contribution < -0.4 is 5.32 Å². The molecule has 1 spiro atoms. The molecule has 2 aromatic heterocycles. The highest BCUT2D eigenvalue weighted by Crippen LogP contribution is 2.36. The van der Waals surface area contributed by atoms with E-state index in [1.807, 2.05) is 37.0 Å². The number of anilines is 1. The van der Waals surface area contributed by atoms with Crippen molar-refractivity contribution >= 4 is 5.82 Å². The quantitative estimate of drug-likeness (QED) is 0.913. The van der Waals surface area contributed by atoms with Gasteiger partial charge in [-0.25, -0.2) is 0 Å². The Balaban J connectivity index is 1.36. The van der Waals surface area contributed by atoms with Crippen molar-refractivity contribution in [2.45, 2.75) is 44.4 Å². The fourth-order valence-electron chi connectivity index (χ4n) is 4.04. The summed E-state index contributed by atoms with van der Waals surface area (Å²) in [6.45, 7) is 5.74. The first-order valence-corrected chi connectivity index (χ1v) is 9.01. The highest BCUT2D eigenvalue weighted by atomic mass is 16.5. The molecule has 0 unspecified atom stereocenters. The minimum absolute atomic E-state index is 0.0315. The van der Waals surface area contributed by atoms with E-state index in [9.17, 15) is 0 Å². The van der Waals surface area contributed by atoms with Crippen LogP contribution in [0.3, 0.4) is 0 Å². The van der Waals surface area contributed by atoms with Gasteiger partial charge in [-0.3, -0.25) is 9.58 Å². The zero-order valence-corrected chi connectivity index (χ0v) is 15.0. The van der Waals surface area contributed by atoms with Crippen molar-refractivity contribution in [2.75, 3.05) is 25.0 Å². The first kappa shape index (κ1) is 16.5. The van der Waals surface area contributed by atoms with Crippen LogP contribution in [0.25, 0.3) is 0 Å². The number of aromatic nitrogens is 4. The van der Waals surface area contributed by atoms with Gasteiger partial charge in [-0.2, -0.15) is 10.2 Å². The van der Waals surface area contributed by atoms with E-state index >= 15 is 0 Å². The Kier molecular flexibility index (Phi) is 4.43. The molecular weight excluding hydrogens is 316 g/mol. The van der Waals surface area contributed by atoms with Crippen LogP contribution in [0.2, 0.25) is 0 Å². The third-order valence-electron chi connectivity index (χ3n) is 5.14. The molecule has 2 atom stereocenters. The number of hydrogen-bond donors (Lipinski definition) is 1. The van der Waals surface area contributed by atoms with Crippen molar-refractivity contribution in [1.29, 1.82) is 0 Å². The first-order chi connectivity index (χ1) is 12.1. The smallest absolute Gasteiger partial charge is 0.148 e. The summed E-state index contributed by atoms with van der Waals surface area (Å²) in [5, 5.41) is 16.1. The molecule has 0 bridgehead atoms. The van der Waals surface area contributed by atoms with Crippen LogP contribution in [0.1, 0.15) is 30.5 Å². The molecule has 4 heterocycles. The maximum Gasteiger partial charge on any atom is 0.148 e. The molecule has 25 heavy (non-hydrogen) atoms. The van der Waals surface area contributed by atoms with Gasteiger partial charge in [-0.1, -0.05) is 0 Å². The summed E-state index contributed by atoms with van der Waals surface area (Å²) >= 11 is 0. The largest absolute Gasteiger partial charge is 0.371 e. The van der Waals surface area contributed by atoms with Crippen molar-refractivity contribution in [3.63, 3.8) is 0 Å². The second kappa shape index (κ2) is 6.72. The lowest BCUT2D eigenvalue weighted by atomic mass is 9.88. The minimum atomic E-state index is -0.0315. The summed E-state index contributed by atoms with van der Waals surface area (Å²) < 4.78 is 8.15. The molecule has 0 amide bonds. The zero-order chi connectivity index (χ0) is 17.3. The Morgan fingerprint density at radius 1 is 1.36 bits per heavy atom. The van der Waals surface area contributed by atoms with Crippen molar-refractivity contribution in [3.05, 3.63) is 35.8 Å². The van der Waals surface area contributed by atoms with E-state index in [1.165, 1.54) is 12.0 Å². The van der Waals surface area contributed by atoms with E-state index in [0.29, 0.717) is 6.04 Å². The molecule has 4 rings (SSSR count). The molecular formula is C18H26N6O. The standard InChI is InChI=1S/C18H26N6O/c1-14-4-5-17(22-21-14)20-16-8-18(25-12-16)6-3-7-24(13-18)11-15-9-19-23(2)10-15/h4-5,9-10,16H,3,6-8,11-13H2,1-2H3,(H,20,22)/t16-,18-/m1/s1. The highest BCUT2D eigenvalue weighted by Gasteiger charge is 2.43. The number of nitrogens with one attached hydrogen (secondary N) is 1. The minimum Gasteiger partial charge on any atom is -0.371 e. The van der Waals surface area contributed by atoms with Gasteiger partial charge in [0.05, 0.1) is 30.1 Å². The summed E-state index contributed by atoms with van der Waals surface area (Å²) in [6.07, 6.45) is 7.38. The van der Waals surface area contributed by atoms with Crippen molar-refractivity contribution < 1.29 is 4.74 Å². The maximum absolute atomic E-state index is 6.29. The molecule has 0 saturated carbocycles. The second-order valence-corrected chi connectivity index (χ2v) is 7.44. The normalized spacial score (nSPS) is 27.0. The molecule has 2 aromatic rings. The molecule has 0 radical (unpaired) electrons. The monoisotopic (exact) mass is 342 g/mol. The lowest BCUT2D eigenvalue weighted by molar-refractivity contribution is -0.0533. The molecule has 134 valence electrons. The fraction of sp³-hybridized carbons (Fsp3) is 0.611. The summed E-state index contributed by atoms with van der Waals surface area (Å²) in [5.74, 6) is 0.833. The average molecular weight is 342 g/mol. The molecule has 1 N–H and O–H groups in total. The van der Waals surface area contributed by atoms with E-state index in [2.05, 4.69) is 31.7 Å². The van der Waals surface area contributed by atoms with Crippen molar-refractivity contribution in [3.8, 4) is 0 Å². The van der Waals surface area contributed by atoms with Crippen LogP contribution in [-0.2, 0) is 18.3 Å². The predicted octanol–water partition coefficient (Wildman–Crippen LogP) is 1.75. The van der Waals surface area contributed by atoms with Gasteiger partial charge in [0, 0.05) is 38.3 Å². The summed E-state index contributed by atoms with van der Waals surface area (Å²) in [6, 6.07) is 4.27. The number of likely N-dealkylation sites (tertiary alicyclic amines) is 1. The second-order valence-electron chi connectivity index (χ2n) is 7.44. The molecule has 0 aliphatic carbocycles. The van der Waals surface area contributed by atoms with E-state index < -0.39 is 0 Å². The molecule has 2 saturated heterocycles. The van der Waals surface area contributed by atoms with Gasteiger partial charge in [-0.05, 0) is 38.4 Å². The summed E-state index contributed by atoms with van der Waals surface area (Å²) in [5.41, 5.74) is 2.17. The summed E-state index contributed by atoms with van der Waals surface area (Å²) in [4.78, 5) is 2.49. The first-order valence-electron chi connectivity index (χ1n) is 9.01. The van der Waals surface area contributed by atoms with E-state index in [1.54, 1.807) is 0 Å². The number of aryl methyl sites for hydroxylation is 2. The van der Waals surface area contributed by atoms with Crippen molar-refractivity contribution in [1.82, 2.24) is 24.9 Å². The molecule has 7 nitrogen and oxygen atoms in total. The van der Waals surface area contributed by atoms with Crippen molar-refractivity contribution in [2.24, 2.45) is 7.05 Å². The Labute approximate surface area is 148 Å². The average Bonchev–Trinajstić information content (AvgIpc) is 3.16. The lowest BCUT2D eigenvalue weighted by Crippen LogP contribution is -2.47. The molecule has 7 heteroatoms.